The Morgan fingerprint density at radius 2 is 1.67 bits per heavy atom. The first-order valence-corrected chi connectivity index (χ1v) is 11.7. The van der Waals surface area contributed by atoms with Gasteiger partial charge in [-0.05, 0) is 72.9 Å². The number of nitrogens with zero attached hydrogens (tertiary/aromatic N) is 1. The minimum Gasteiger partial charge on any atom is -0.340 e. The number of rotatable bonds is 6. The van der Waals surface area contributed by atoms with E-state index in [1.807, 2.05) is 55.5 Å². The number of H-pyrrole nitrogens is 1. The van der Waals surface area contributed by atoms with Crippen molar-refractivity contribution in [2.45, 2.75) is 40.3 Å². The summed E-state index contributed by atoms with van der Waals surface area (Å²) in [6.07, 6.45) is 0.910. The van der Waals surface area contributed by atoms with Gasteiger partial charge in [-0.3, -0.25) is 4.79 Å². The van der Waals surface area contributed by atoms with Crippen molar-refractivity contribution in [3.63, 3.8) is 0 Å². The molecule has 0 atom stereocenters. The normalized spacial score (nSPS) is 10.9. The van der Waals surface area contributed by atoms with Gasteiger partial charge in [0.05, 0.1) is 6.54 Å². The molecule has 168 valence electrons. The first-order chi connectivity index (χ1) is 15.9. The van der Waals surface area contributed by atoms with Gasteiger partial charge in [-0.15, -0.1) is 0 Å². The fourth-order valence-electron chi connectivity index (χ4n) is 4.19. The molecule has 4 aromatic rings. The lowest BCUT2D eigenvalue weighted by atomic mass is 10.0. The molecule has 0 fully saturated rings. The molecule has 0 amide bonds. The topological polar surface area (TPSA) is 48.1 Å². The van der Waals surface area contributed by atoms with Crippen molar-refractivity contribution in [1.29, 1.82) is 0 Å². The van der Waals surface area contributed by atoms with Crippen LogP contribution in [0.15, 0.2) is 77.6 Å². The molecule has 0 spiro atoms. The van der Waals surface area contributed by atoms with E-state index in [4.69, 9.17) is 12.2 Å². The molecule has 0 aliphatic rings. The minimum atomic E-state index is -0.0812. The Morgan fingerprint density at radius 1 is 0.939 bits per heavy atom. The summed E-state index contributed by atoms with van der Waals surface area (Å²) in [6, 6.07) is 24.5. The summed E-state index contributed by atoms with van der Waals surface area (Å²) < 4.78 is 0. The largest absolute Gasteiger partial charge is 0.340 e. The zero-order valence-corrected chi connectivity index (χ0v) is 20.1. The van der Waals surface area contributed by atoms with Crippen LogP contribution in [0.5, 0.6) is 0 Å². The Labute approximate surface area is 200 Å². The number of aromatic nitrogens is 1. The number of pyridine rings is 1. The summed E-state index contributed by atoms with van der Waals surface area (Å²) >= 11 is 5.85. The summed E-state index contributed by atoms with van der Waals surface area (Å²) in [5.41, 5.74) is 7.10. The van der Waals surface area contributed by atoms with Crippen molar-refractivity contribution < 1.29 is 0 Å². The van der Waals surface area contributed by atoms with Gasteiger partial charge in [-0.2, -0.15) is 0 Å². The highest BCUT2D eigenvalue weighted by Gasteiger charge is 2.16. The van der Waals surface area contributed by atoms with E-state index in [1.165, 1.54) is 5.56 Å². The van der Waals surface area contributed by atoms with Crippen molar-refractivity contribution in [3.05, 3.63) is 111 Å². The average Bonchev–Trinajstić information content (AvgIpc) is 2.80. The second-order valence-corrected chi connectivity index (χ2v) is 8.84. The summed E-state index contributed by atoms with van der Waals surface area (Å²) in [5, 5.41) is 5.08. The highest BCUT2D eigenvalue weighted by molar-refractivity contribution is 7.80. The summed E-state index contributed by atoms with van der Waals surface area (Å²) in [7, 11) is 0. The van der Waals surface area contributed by atoms with Gasteiger partial charge in [0.2, 0.25) is 0 Å². The van der Waals surface area contributed by atoms with Gasteiger partial charge >= 0.3 is 0 Å². The average molecular weight is 456 g/mol. The molecular weight excluding hydrogens is 426 g/mol. The molecule has 0 bridgehead atoms. The van der Waals surface area contributed by atoms with Crippen LogP contribution in [0.2, 0.25) is 0 Å². The van der Waals surface area contributed by atoms with Gasteiger partial charge < -0.3 is 15.2 Å². The maximum absolute atomic E-state index is 13.0. The molecule has 1 aromatic heterocycles. The van der Waals surface area contributed by atoms with E-state index in [2.05, 4.69) is 53.3 Å². The Hall–Kier alpha value is -3.44. The number of aryl methyl sites for hydroxylation is 3. The number of hydrogen-bond acceptors (Lipinski definition) is 2. The second-order valence-electron chi connectivity index (χ2n) is 8.45. The third kappa shape index (κ3) is 5.32. The first kappa shape index (κ1) is 22.7. The molecule has 1 heterocycles. The lowest BCUT2D eigenvalue weighted by Crippen LogP contribution is -2.35. The van der Waals surface area contributed by atoms with Gasteiger partial charge in [-0.1, -0.05) is 61.5 Å². The number of fused-ring (bicyclic) bond motifs is 1. The summed E-state index contributed by atoms with van der Waals surface area (Å²) in [6.45, 7) is 7.26. The fraction of sp³-hybridized carbons (Fsp3) is 0.214. The maximum atomic E-state index is 13.0. The lowest BCUT2D eigenvalue weighted by molar-refractivity contribution is 0.411. The Kier molecular flexibility index (Phi) is 6.90. The van der Waals surface area contributed by atoms with Gasteiger partial charge in [0.15, 0.2) is 5.11 Å². The van der Waals surface area contributed by atoms with Crippen LogP contribution < -0.4 is 10.9 Å². The van der Waals surface area contributed by atoms with Crippen molar-refractivity contribution in [1.82, 2.24) is 9.88 Å². The molecule has 4 nitrogen and oxygen atoms in total. The third-order valence-electron chi connectivity index (χ3n) is 5.89. The smallest absolute Gasteiger partial charge is 0.253 e. The standard InChI is InChI=1S/C28H29N3OS/c1-4-22-12-8-9-13-25(22)30-28(33)31(17-21-10-6-5-7-11-21)18-23-16-24-20(3)14-19(2)15-26(24)29-27(23)32/h5-16H,4,17-18H2,1-3H3,(H,29,32)(H,30,33). The van der Waals surface area contributed by atoms with E-state index in [-0.39, 0.29) is 5.56 Å². The van der Waals surface area contributed by atoms with Crippen LogP contribution in [0.1, 0.15) is 34.7 Å². The first-order valence-electron chi connectivity index (χ1n) is 11.3. The molecule has 0 radical (unpaired) electrons. The fourth-order valence-corrected chi connectivity index (χ4v) is 4.43. The Morgan fingerprint density at radius 3 is 2.42 bits per heavy atom. The highest BCUT2D eigenvalue weighted by Crippen LogP contribution is 2.21. The summed E-state index contributed by atoms with van der Waals surface area (Å²) in [5.74, 6) is 0. The Balaban J connectivity index is 1.68. The molecule has 33 heavy (non-hydrogen) atoms. The lowest BCUT2D eigenvalue weighted by Gasteiger charge is -2.27. The van der Waals surface area contributed by atoms with E-state index in [0.717, 1.165) is 39.7 Å². The highest BCUT2D eigenvalue weighted by atomic mass is 32.1. The number of benzene rings is 3. The van der Waals surface area contributed by atoms with E-state index >= 15 is 0 Å². The molecule has 0 saturated heterocycles. The van der Waals surface area contributed by atoms with Crippen LogP contribution in [0.3, 0.4) is 0 Å². The molecule has 3 aromatic carbocycles. The van der Waals surface area contributed by atoms with Crippen LogP contribution in [0, 0.1) is 13.8 Å². The van der Waals surface area contributed by atoms with Crippen molar-refractivity contribution >= 4 is 33.9 Å². The SMILES string of the molecule is CCc1ccccc1NC(=S)N(Cc1ccccc1)Cc1cc2c(C)cc(C)cc2[nH]c1=O. The molecular formula is C28H29N3OS. The zero-order chi connectivity index (χ0) is 23.4. The van der Waals surface area contributed by atoms with E-state index in [9.17, 15) is 4.79 Å². The van der Waals surface area contributed by atoms with Gasteiger partial charge in [0.1, 0.15) is 0 Å². The summed E-state index contributed by atoms with van der Waals surface area (Å²) in [4.78, 5) is 18.1. The van der Waals surface area contributed by atoms with Crippen LogP contribution in [-0.4, -0.2) is 15.0 Å². The number of anilines is 1. The van der Waals surface area contributed by atoms with Crippen LogP contribution in [-0.2, 0) is 19.5 Å². The minimum absolute atomic E-state index is 0.0812. The van der Waals surface area contributed by atoms with E-state index < -0.39 is 0 Å². The number of hydrogen-bond donors (Lipinski definition) is 2. The predicted octanol–water partition coefficient (Wildman–Crippen LogP) is 6.11. The van der Waals surface area contributed by atoms with E-state index in [0.29, 0.717) is 23.8 Å². The quantitative estimate of drug-likeness (QED) is 0.345. The zero-order valence-electron chi connectivity index (χ0n) is 19.3. The molecule has 4 rings (SSSR count). The molecule has 0 aliphatic heterocycles. The van der Waals surface area contributed by atoms with E-state index in [1.54, 1.807) is 0 Å². The molecule has 0 aliphatic carbocycles. The van der Waals surface area contributed by atoms with Crippen molar-refractivity contribution in [2.75, 3.05) is 5.32 Å². The molecule has 0 saturated carbocycles. The van der Waals surface area contributed by atoms with Crippen molar-refractivity contribution in [3.8, 4) is 0 Å². The van der Waals surface area contributed by atoms with Gasteiger partial charge in [0.25, 0.3) is 5.56 Å². The van der Waals surface area contributed by atoms with Crippen LogP contribution in [0.4, 0.5) is 5.69 Å². The number of aromatic amines is 1. The molecule has 0 unspecified atom stereocenters. The monoisotopic (exact) mass is 455 g/mol. The number of nitrogens with one attached hydrogen (secondary N) is 2. The van der Waals surface area contributed by atoms with Crippen LogP contribution in [0.25, 0.3) is 10.9 Å². The molecule has 2 N–H and O–H groups in total. The number of thiocarbonyl (C=S) groups is 1. The number of para-hydroxylation sites is 1. The van der Waals surface area contributed by atoms with Gasteiger partial charge in [-0.25, -0.2) is 0 Å². The third-order valence-corrected chi connectivity index (χ3v) is 6.25. The van der Waals surface area contributed by atoms with Gasteiger partial charge in [0, 0.05) is 28.7 Å². The van der Waals surface area contributed by atoms with Crippen molar-refractivity contribution in [2.24, 2.45) is 0 Å². The Bertz CT molecular complexity index is 1340. The van der Waals surface area contributed by atoms with Crippen LogP contribution >= 0.6 is 12.2 Å². The maximum Gasteiger partial charge on any atom is 0.253 e. The second kappa shape index (κ2) is 10.0. The predicted molar refractivity (Wildman–Crippen MR) is 142 cm³/mol. The molecule has 5 heteroatoms.